The Bertz CT molecular complexity index is 557. The summed E-state index contributed by atoms with van der Waals surface area (Å²) in [6.07, 6.45) is 5.17. The van der Waals surface area contributed by atoms with Crippen LogP contribution < -0.4 is 5.32 Å². The monoisotopic (exact) mass is 284 g/mol. The van der Waals surface area contributed by atoms with Crippen LogP contribution >= 0.6 is 0 Å². The van der Waals surface area contributed by atoms with Crippen molar-refractivity contribution >= 4 is 17.3 Å². The molecule has 0 aliphatic heterocycles. The molecule has 0 heterocycles. The standard InChI is InChI=1S/C17H24N4/c1-9-12(3)18-14(5)11-15(6)20-17(8)21-16(7)19-13(4)10-2/h9-11H,1-2,6-7H2,3-5,8H3,(H,20,21)/b14-11+,18-12?,19-13?. The third kappa shape index (κ3) is 9.10. The van der Waals surface area contributed by atoms with Gasteiger partial charge in [0.05, 0.1) is 0 Å². The molecule has 21 heavy (non-hydrogen) atoms. The van der Waals surface area contributed by atoms with E-state index in [0.717, 1.165) is 17.1 Å². The molecule has 1 N–H and O–H groups in total. The molecular weight excluding hydrogens is 260 g/mol. The first-order valence-electron chi connectivity index (χ1n) is 6.52. The third-order valence-electron chi connectivity index (χ3n) is 2.27. The van der Waals surface area contributed by atoms with E-state index >= 15 is 0 Å². The molecule has 4 nitrogen and oxygen atoms in total. The van der Waals surface area contributed by atoms with Gasteiger partial charge >= 0.3 is 0 Å². The highest BCUT2D eigenvalue weighted by atomic mass is 15.1. The van der Waals surface area contributed by atoms with Gasteiger partial charge in [-0.3, -0.25) is 4.99 Å². The highest BCUT2D eigenvalue weighted by Gasteiger charge is 1.96. The van der Waals surface area contributed by atoms with E-state index in [1.54, 1.807) is 12.2 Å². The molecule has 0 aliphatic carbocycles. The van der Waals surface area contributed by atoms with Crippen LogP contribution in [0, 0.1) is 0 Å². The minimum atomic E-state index is 0.409. The molecule has 0 bridgehead atoms. The zero-order chi connectivity index (χ0) is 16.4. The van der Waals surface area contributed by atoms with E-state index in [-0.39, 0.29) is 0 Å². The molecule has 0 atom stereocenters. The number of nitrogens with zero attached hydrogens (tertiary/aromatic N) is 3. The zero-order valence-corrected chi connectivity index (χ0v) is 13.4. The van der Waals surface area contributed by atoms with Crippen LogP contribution in [0.15, 0.2) is 76.7 Å². The molecule has 0 fully saturated rings. The van der Waals surface area contributed by atoms with Crippen LogP contribution in [0.2, 0.25) is 0 Å². The lowest BCUT2D eigenvalue weighted by atomic mass is 10.3. The Balaban J connectivity index is 4.79. The Hall–Kier alpha value is -2.49. The van der Waals surface area contributed by atoms with Gasteiger partial charge in [-0.1, -0.05) is 26.3 Å². The van der Waals surface area contributed by atoms with Gasteiger partial charge < -0.3 is 5.32 Å². The molecule has 0 aliphatic rings. The van der Waals surface area contributed by atoms with Crippen molar-refractivity contribution in [1.29, 1.82) is 0 Å². The Morgan fingerprint density at radius 1 is 0.857 bits per heavy atom. The smallest absolute Gasteiger partial charge is 0.146 e. The minimum Gasteiger partial charge on any atom is -0.344 e. The summed E-state index contributed by atoms with van der Waals surface area (Å²) in [5.74, 6) is 1.06. The van der Waals surface area contributed by atoms with E-state index in [0.29, 0.717) is 17.4 Å². The fourth-order valence-corrected chi connectivity index (χ4v) is 1.37. The maximum atomic E-state index is 4.32. The summed E-state index contributed by atoms with van der Waals surface area (Å²) in [5, 5.41) is 3.05. The van der Waals surface area contributed by atoms with E-state index in [1.807, 2.05) is 33.8 Å². The molecule has 0 spiro atoms. The van der Waals surface area contributed by atoms with E-state index in [1.165, 1.54) is 0 Å². The first kappa shape index (κ1) is 18.5. The van der Waals surface area contributed by atoms with Gasteiger partial charge in [0.15, 0.2) is 0 Å². The maximum absolute atomic E-state index is 4.32. The zero-order valence-electron chi connectivity index (χ0n) is 13.4. The number of allylic oxidation sites excluding steroid dienone is 4. The van der Waals surface area contributed by atoms with Gasteiger partial charge in [0, 0.05) is 22.8 Å². The Morgan fingerprint density at radius 2 is 1.38 bits per heavy atom. The second kappa shape index (κ2) is 9.42. The normalized spacial score (nSPS) is 13.7. The van der Waals surface area contributed by atoms with Gasteiger partial charge in [-0.25, -0.2) is 9.98 Å². The van der Waals surface area contributed by atoms with Crippen molar-refractivity contribution in [3.05, 3.63) is 61.8 Å². The molecular formula is C17H24N4. The SMILES string of the molecule is C=CC(C)=NC(=C)N=C(C)NC(=C)/C=C(\C)N=C(C)C=C. The number of nitrogens with one attached hydrogen (secondary N) is 1. The third-order valence-corrected chi connectivity index (χ3v) is 2.27. The van der Waals surface area contributed by atoms with Gasteiger partial charge in [-0.05, 0) is 45.9 Å². The Labute approximate surface area is 127 Å². The van der Waals surface area contributed by atoms with Crippen molar-refractivity contribution in [2.75, 3.05) is 0 Å². The van der Waals surface area contributed by atoms with Crippen molar-refractivity contribution in [2.45, 2.75) is 27.7 Å². The molecule has 0 aromatic heterocycles. The highest BCUT2D eigenvalue weighted by molar-refractivity contribution is 5.93. The summed E-state index contributed by atoms with van der Waals surface area (Å²) in [4.78, 5) is 12.7. The number of hydrogen-bond acceptors (Lipinski definition) is 3. The second-order valence-corrected chi connectivity index (χ2v) is 4.46. The first-order valence-corrected chi connectivity index (χ1v) is 6.52. The predicted molar refractivity (Wildman–Crippen MR) is 94.9 cm³/mol. The summed E-state index contributed by atoms with van der Waals surface area (Å²) in [6.45, 7) is 22.4. The summed E-state index contributed by atoms with van der Waals surface area (Å²) in [6, 6.07) is 0. The van der Waals surface area contributed by atoms with Gasteiger partial charge in [-0.2, -0.15) is 0 Å². The van der Waals surface area contributed by atoms with Gasteiger partial charge in [0.25, 0.3) is 0 Å². The molecule has 4 heteroatoms. The van der Waals surface area contributed by atoms with Crippen LogP contribution in [0.4, 0.5) is 0 Å². The minimum absolute atomic E-state index is 0.409. The number of rotatable bonds is 7. The van der Waals surface area contributed by atoms with E-state index < -0.39 is 0 Å². The number of amidine groups is 1. The Kier molecular flexibility index (Phi) is 8.30. The average molecular weight is 284 g/mol. The number of aliphatic imine (C=N–C) groups is 3. The van der Waals surface area contributed by atoms with Gasteiger partial charge in [0.2, 0.25) is 0 Å². The first-order chi connectivity index (χ1) is 9.78. The highest BCUT2D eigenvalue weighted by Crippen LogP contribution is 2.02. The molecule has 0 aromatic rings. The van der Waals surface area contributed by atoms with Gasteiger partial charge in [-0.15, -0.1) is 0 Å². The molecule has 0 unspecified atom stereocenters. The summed E-state index contributed by atoms with van der Waals surface area (Å²) in [7, 11) is 0. The van der Waals surface area contributed by atoms with Gasteiger partial charge in [0.1, 0.15) is 11.7 Å². The Morgan fingerprint density at radius 3 is 1.90 bits per heavy atom. The second-order valence-electron chi connectivity index (χ2n) is 4.46. The largest absolute Gasteiger partial charge is 0.344 e. The fraction of sp³-hybridized carbons (Fsp3) is 0.235. The molecule has 0 radical (unpaired) electrons. The molecule has 0 aromatic carbocycles. The van der Waals surface area contributed by atoms with E-state index in [9.17, 15) is 0 Å². The molecule has 0 saturated carbocycles. The fourth-order valence-electron chi connectivity index (χ4n) is 1.37. The van der Waals surface area contributed by atoms with Crippen molar-refractivity contribution < 1.29 is 0 Å². The molecule has 0 amide bonds. The molecule has 112 valence electrons. The summed E-state index contributed by atoms with van der Waals surface area (Å²) in [5.41, 5.74) is 3.13. The van der Waals surface area contributed by atoms with E-state index in [2.05, 4.69) is 46.6 Å². The van der Waals surface area contributed by atoms with Crippen LogP contribution in [-0.4, -0.2) is 17.3 Å². The van der Waals surface area contributed by atoms with Crippen LogP contribution in [0.5, 0.6) is 0 Å². The summed E-state index contributed by atoms with van der Waals surface area (Å²) < 4.78 is 0. The topological polar surface area (TPSA) is 49.1 Å². The van der Waals surface area contributed by atoms with Crippen LogP contribution in [0.1, 0.15) is 27.7 Å². The van der Waals surface area contributed by atoms with E-state index in [4.69, 9.17) is 0 Å². The van der Waals surface area contributed by atoms with Crippen molar-refractivity contribution in [2.24, 2.45) is 15.0 Å². The lowest BCUT2D eigenvalue weighted by molar-refractivity contribution is 1.12. The van der Waals surface area contributed by atoms with Crippen molar-refractivity contribution in [3.63, 3.8) is 0 Å². The van der Waals surface area contributed by atoms with Crippen LogP contribution in [0.3, 0.4) is 0 Å². The van der Waals surface area contributed by atoms with Crippen LogP contribution in [0.25, 0.3) is 0 Å². The average Bonchev–Trinajstić information content (AvgIpc) is 2.37. The summed E-state index contributed by atoms with van der Waals surface area (Å²) >= 11 is 0. The van der Waals surface area contributed by atoms with Crippen LogP contribution in [-0.2, 0) is 0 Å². The lowest BCUT2D eigenvalue weighted by Crippen LogP contribution is -2.18. The molecule has 0 saturated heterocycles. The van der Waals surface area contributed by atoms with Crippen molar-refractivity contribution in [3.8, 4) is 0 Å². The quantitative estimate of drug-likeness (QED) is 0.425. The van der Waals surface area contributed by atoms with Crippen molar-refractivity contribution in [1.82, 2.24) is 5.32 Å². The number of hydrogen-bond donors (Lipinski definition) is 1. The predicted octanol–water partition coefficient (Wildman–Crippen LogP) is 4.18. The lowest BCUT2D eigenvalue weighted by Gasteiger charge is -2.06. The maximum Gasteiger partial charge on any atom is 0.146 e. The molecule has 0 rings (SSSR count).